The fourth-order valence-electron chi connectivity index (χ4n) is 2.06. The standard InChI is InChI=1S/C12H22N2O3/c1-8(2)6-10(12(16)17)14-11(15)9-4-3-5-13-7-9/h8-10,13H,3-7H2,1-2H3,(H,14,15)(H,16,17)/t9-,10?/m1/s1. The van der Waals surface area contributed by atoms with Gasteiger partial charge in [-0.3, -0.25) is 4.79 Å². The molecule has 1 fully saturated rings. The van der Waals surface area contributed by atoms with Crippen LogP contribution in [0.2, 0.25) is 0 Å². The number of hydrogen-bond acceptors (Lipinski definition) is 3. The number of amides is 1. The first-order valence-corrected chi connectivity index (χ1v) is 6.24. The van der Waals surface area contributed by atoms with E-state index in [1.54, 1.807) is 0 Å². The average Bonchev–Trinajstić information content (AvgIpc) is 2.28. The molecule has 3 N–H and O–H groups in total. The fourth-order valence-corrected chi connectivity index (χ4v) is 2.06. The van der Waals surface area contributed by atoms with Crippen LogP contribution in [0.5, 0.6) is 0 Å². The number of carbonyl (C=O) groups is 2. The van der Waals surface area contributed by atoms with Gasteiger partial charge in [-0.25, -0.2) is 4.79 Å². The Morgan fingerprint density at radius 2 is 2.18 bits per heavy atom. The molecule has 0 aromatic heterocycles. The van der Waals surface area contributed by atoms with E-state index in [1.165, 1.54) is 0 Å². The smallest absolute Gasteiger partial charge is 0.326 e. The summed E-state index contributed by atoms with van der Waals surface area (Å²) < 4.78 is 0. The summed E-state index contributed by atoms with van der Waals surface area (Å²) in [4.78, 5) is 22.9. The predicted octanol–water partition coefficient (Wildman–Crippen LogP) is 0.602. The van der Waals surface area contributed by atoms with Crippen LogP contribution in [0.25, 0.3) is 0 Å². The first-order chi connectivity index (χ1) is 8.00. The molecule has 1 saturated heterocycles. The summed E-state index contributed by atoms with van der Waals surface area (Å²) in [6.07, 6.45) is 2.29. The zero-order valence-electron chi connectivity index (χ0n) is 10.5. The van der Waals surface area contributed by atoms with E-state index in [0.717, 1.165) is 19.4 Å². The Morgan fingerprint density at radius 3 is 2.65 bits per heavy atom. The highest BCUT2D eigenvalue weighted by Crippen LogP contribution is 2.11. The molecule has 0 aliphatic carbocycles. The lowest BCUT2D eigenvalue weighted by molar-refractivity contribution is -0.143. The average molecular weight is 242 g/mol. The van der Waals surface area contributed by atoms with Crippen molar-refractivity contribution in [3.8, 4) is 0 Å². The molecule has 0 radical (unpaired) electrons. The molecule has 1 heterocycles. The summed E-state index contributed by atoms with van der Waals surface area (Å²) >= 11 is 0. The van der Waals surface area contributed by atoms with Gasteiger partial charge in [-0.05, 0) is 31.7 Å². The number of carboxylic acids is 1. The highest BCUT2D eigenvalue weighted by Gasteiger charge is 2.26. The molecule has 0 aromatic carbocycles. The first kappa shape index (κ1) is 14.0. The SMILES string of the molecule is CC(C)CC(NC(=O)[C@@H]1CCCNC1)C(=O)O. The van der Waals surface area contributed by atoms with Crippen molar-refractivity contribution >= 4 is 11.9 Å². The van der Waals surface area contributed by atoms with Gasteiger partial charge < -0.3 is 15.7 Å². The summed E-state index contributed by atoms with van der Waals surface area (Å²) in [6, 6.07) is -0.760. The van der Waals surface area contributed by atoms with Gasteiger partial charge in [0.1, 0.15) is 6.04 Å². The summed E-state index contributed by atoms with van der Waals surface area (Å²) in [5.41, 5.74) is 0. The summed E-state index contributed by atoms with van der Waals surface area (Å²) in [5, 5.41) is 14.8. The fraction of sp³-hybridized carbons (Fsp3) is 0.833. The van der Waals surface area contributed by atoms with Gasteiger partial charge >= 0.3 is 5.97 Å². The summed E-state index contributed by atoms with van der Waals surface area (Å²) in [6.45, 7) is 5.49. The number of hydrogen-bond donors (Lipinski definition) is 3. The molecule has 2 atom stereocenters. The van der Waals surface area contributed by atoms with Crippen LogP contribution in [-0.2, 0) is 9.59 Å². The number of piperidine rings is 1. The van der Waals surface area contributed by atoms with Gasteiger partial charge in [-0.2, -0.15) is 0 Å². The van der Waals surface area contributed by atoms with Crippen LogP contribution in [-0.4, -0.2) is 36.1 Å². The lowest BCUT2D eigenvalue weighted by Crippen LogP contribution is -2.47. The zero-order chi connectivity index (χ0) is 12.8. The Labute approximate surface area is 102 Å². The van der Waals surface area contributed by atoms with Crippen molar-refractivity contribution in [3.63, 3.8) is 0 Å². The summed E-state index contributed by atoms with van der Waals surface area (Å²) in [5.74, 6) is -0.917. The van der Waals surface area contributed by atoms with E-state index in [0.29, 0.717) is 13.0 Å². The normalized spacial score (nSPS) is 22.2. The minimum absolute atomic E-state index is 0.0854. The van der Waals surface area contributed by atoms with E-state index in [2.05, 4.69) is 10.6 Å². The Morgan fingerprint density at radius 1 is 1.47 bits per heavy atom. The minimum Gasteiger partial charge on any atom is -0.480 e. The van der Waals surface area contributed by atoms with E-state index in [9.17, 15) is 9.59 Å². The lowest BCUT2D eigenvalue weighted by atomic mass is 9.97. The number of aliphatic carboxylic acids is 1. The second-order valence-corrected chi connectivity index (χ2v) is 5.07. The van der Waals surface area contributed by atoms with Gasteiger partial charge in [0.25, 0.3) is 0 Å². The maximum atomic E-state index is 11.9. The zero-order valence-corrected chi connectivity index (χ0v) is 10.5. The topological polar surface area (TPSA) is 78.4 Å². The van der Waals surface area contributed by atoms with Crippen LogP contribution in [0.15, 0.2) is 0 Å². The monoisotopic (exact) mass is 242 g/mol. The minimum atomic E-state index is -0.948. The van der Waals surface area contributed by atoms with E-state index < -0.39 is 12.0 Å². The molecule has 1 rings (SSSR count). The van der Waals surface area contributed by atoms with Gasteiger partial charge in [0.05, 0.1) is 5.92 Å². The number of nitrogens with one attached hydrogen (secondary N) is 2. The Hall–Kier alpha value is -1.10. The third kappa shape index (κ3) is 4.73. The second kappa shape index (κ2) is 6.59. The lowest BCUT2D eigenvalue weighted by Gasteiger charge is -2.24. The van der Waals surface area contributed by atoms with E-state index in [1.807, 2.05) is 13.8 Å². The Balaban J connectivity index is 2.47. The molecule has 98 valence electrons. The second-order valence-electron chi connectivity index (χ2n) is 5.07. The molecule has 1 aliphatic rings. The first-order valence-electron chi connectivity index (χ1n) is 6.24. The molecular formula is C12H22N2O3. The van der Waals surface area contributed by atoms with Crippen molar-refractivity contribution in [3.05, 3.63) is 0 Å². The largest absolute Gasteiger partial charge is 0.480 e. The Kier molecular flexibility index (Phi) is 5.41. The molecule has 0 saturated carbocycles. The molecule has 5 heteroatoms. The molecule has 0 bridgehead atoms. The predicted molar refractivity (Wildman–Crippen MR) is 64.6 cm³/mol. The molecule has 5 nitrogen and oxygen atoms in total. The van der Waals surface area contributed by atoms with Crippen molar-refractivity contribution in [1.82, 2.24) is 10.6 Å². The van der Waals surface area contributed by atoms with Gasteiger partial charge in [-0.15, -0.1) is 0 Å². The van der Waals surface area contributed by atoms with Gasteiger partial charge in [0.15, 0.2) is 0 Å². The van der Waals surface area contributed by atoms with Gasteiger partial charge in [-0.1, -0.05) is 13.8 Å². The molecule has 17 heavy (non-hydrogen) atoms. The van der Waals surface area contributed by atoms with Crippen molar-refractivity contribution in [2.24, 2.45) is 11.8 Å². The number of carbonyl (C=O) groups excluding carboxylic acids is 1. The van der Waals surface area contributed by atoms with Crippen LogP contribution < -0.4 is 10.6 Å². The van der Waals surface area contributed by atoms with Gasteiger partial charge in [0.2, 0.25) is 5.91 Å². The van der Waals surface area contributed by atoms with Crippen LogP contribution in [0.3, 0.4) is 0 Å². The molecular weight excluding hydrogens is 220 g/mol. The number of rotatable bonds is 5. The van der Waals surface area contributed by atoms with Crippen LogP contribution >= 0.6 is 0 Å². The molecule has 0 spiro atoms. The third-order valence-corrected chi connectivity index (χ3v) is 2.99. The quantitative estimate of drug-likeness (QED) is 0.659. The van der Waals surface area contributed by atoms with E-state index in [-0.39, 0.29) is 17.7 Å². The Bertz CT molecular complexity index is 273. The third-order valence-electron chi connectivity index (χ3n) is 2.99. The highest BCUT2D eigenvalue weighted by molar-refractivity contribution is 5.85. The van der Waals surface area contributed by atoms with E-state index in [4.69, 9.17) is 5.11 Å². The van der Waals surface area contributed by atoms with Crippen LogP contribution in [0.4, 0.5) is 0 Å². The maximum Gasteiger partial charge on any atom is 0.326 e. The van der Waals surface area contributed by atoms with Crippen LogP contribution in [0, 0.1) is 11.8 Å². The van der Waals surface area contributed by atoms with Gasteiger partial charge in [0, 0.05) is 6.54 Å². The maximum absolute atomic E-state index is 11.9. The van der Waals surface area contributed by atoms with Crippen molar-refractivity contribution in [1.29, 1.82) is 0 Å². The molecule has 1 aliphatic heterocycles. The van der Waals surface area contributed by atoms with Crippen molar-refractivity contribution < 1.29 is 14.7 Å². The van der Waals surface area contributed by atoms with Crippen molar-refractivity contribution in [2.45, 2.75) is 39.2 Å². The van der Waals surface area contributed by atoms with Crippen LogP contribution in [0.1, 0.15) is 33.1 Å². The molecule has 0 aromatic rings. The highest BCUT2D eigenvalue weighted by atomic mass is 16.4. The van der Waals surface area contributed by atoms with Crippen molar-refractivity contribution in [2.75, 3.05) is 13.1 Å². The van der Waals surface area contributed by atoms with E-state index >= 15 is 0 Å². The molecule has 1 amide bonds. The molecule has 1 unspecified atom stereocenters. The summed E-state index contributed by atoms with van der Waals surface area (Å²) in [7, 11) is 0. The number of carboxylic acid groups (broad SMARTS) is 1.